The van der Waals surface area contributed by atoms with E-state index in [1.165, 1.54) is 13.1 Å². The van der Waals surface area contributed by atoms with Gasteiger partial charge < -0.3 is 10.4 Å². The van der Waals surface area contributed by atoms with Crippen molar-refractivity contribution in [3.63, 3.8) is 0 Å². The van der Waals surface area contributed by atoms with Crippen molar-refractivity contribution in [2.75, 3.05) is 0 Å². The highest BCUT2D eigenvalue weighted by Crippen LogP contribution is 2.15. The lowest BCUT2D eigenvalue weighted by Gasteiger charge is -2.24. The highest BCUT2D eigenvalue weighted by molar-refractivity contribution is 5.98. The molecule has 0 bridgehead atoms. The summed E-state index contributed by atoms with van der Waals surface area (Å²) in [6.45, 7) is 8.95. The van der Waals surface area contributed by atoms with E-state index in [0.29, 0.717) is 12.0 Å². The lowest BCUT2D eigenvalue weighted by molar-refractivity contribution is -0.143. The van der Waals surface area contributed by atoms with E-state index in [1.807, 2.05) is 13.8 Å². The quantitative estimate of drug-likeness (QED) is 0.851. The maximum atomic E-state index is 12.2. The molecular formula is C13H21N3O3. The van der Waals surface area contributed by atoms with Gasteiger partial charge in [-0.2, -0.15) is 5.10 Å². The van der Waals surface area contributed by atoms with Crippen LogP contribution in [-0.4, -0.2) is 32.3 Å². The standard InChI is InChI=1S/C13H21N3O3/c1-6-13(5,12(18)19)15-11(17)10-7-14-16(8(2)3)9(10)4/h7-8H,6H2,1-5H3,(H,15,17)(H,18,19). The number of aromatic nitrogens is 2. The predicted octanol–water partition coefficient (Wildman–Crippen LogP) is 1.76. The molecule has 0 spiro atoms. The van der Waals surface area contributed by atoms with E-state index in [1.54, 1.807) is 18.5 Å². The summed E-state index contributed by atoms with van der Waals surface area (Å²) in [5, 5.41) is 15.9. The van der Waals surface area contributed by atoms with Gasteiger partial charge in [0, 0.05) is 11.7 Å². The van der Waals surface area contributed by atoms with E-state index in [4.69, 9.17) is 5.11 Å². The molecule has 0 aliphatic carbocycles. The van der Waals surface area contributed by atoms with Crippen LogP contribution in [0.3, 0.4) is 0 Å². The lowest BCUT2D eigenvalue weighted by atomic mass is 9.98. The minimum Gasteiger partial charge on any atom is -0.480 e. The Morgan fingerprint density at radius 1 is 1.53 bits per heavy atom. The minimum absolute atomic E-state index is 0.151. The number of carbonyl (C=O) groups is 2. The van der Waals surface area contributed by atoms with Crippen molar-refractivity contribution in [3.05, 3.63) is 17.5 Å². The number of hydrogen-bond acceptors (Lipinski definition) is 3. The Labute approximate surface area is 112 Å². The molecule has 0 saturated heterocycles. The van der Waals surface area contributed by atoms with Crippen molar-refractivity contribution < 1.29 is 14.7 Å². The van der Waals surface area contributed by atoms with Crippen LogP contribution in [0.1, 0.15) is 56.2 Å². The molecule has 106 valence electrons. The Kier molecular flexibility index (Phi) is 4.34. The van der Waals surface area contributed by atoms with Gasteiger partial charge in [0.1, 0.15) is 5.54 Å². The smallest absolute Gasteiger partial charge is 0.329 e. The Bertz CT molecular complexity index is 493. The molecule has 0 aliphatic heterocycles. The molecule has 1 heterocycles. The summed E-state index contributed by atoms with van der Waals surface area (Å²) in [5.41, 5.74) is -0.116. The molecule has 2 N–H and O–H groups in total. The van der Waals surface area contributed by atoms with Crippen molar-refractivity contribution in [1.82, 2.24) is 15.1 Å². The Morgan fingerprint density at radius 2 is 2.11 bits per heavy atom. The number of nitrogens with zero attached hydrogens (tertiary/aromatic N) is 2. The monoisotopic (exact) mass is 267 g/mol. The van der Waals surface area contributed by atoms with Crippen LogP contribution in [0, 0.1) is 6.92 Å². The first kappa shape index (κ1) is 15.2. The Morgan fingerprint density at radius 3 is 2.47 bits per heavy atom. The average molecular weight is 267 g/mol. The van der Waals surface area contributed by atoms with Crippen LogP contribution in [0.25, 0.3) is 0 Å². The van der Waals surface area contributed by atoms with Crippen molar-refractivity contribution >= 4 is 11.9 Å². The third-order valence-electron chi connectivity index (χ3n) is 3.35. The van der Waals surface area contributed by atoms with Gasteiger partial charge >= 0.3 is 5.97 Å². The number of carboxylic acids is 1. The molecule has 0 aliphatic rings. The molecule has 1 aromatic rings. The molecule has 1 unspecified atom stereocenters. The number of aliphatic carboxylic acids is 1. The molecule has 1 amide bonds. The second-order valence-electron chi connectivity index (χ2n) is 5.13. The normalized spacial score (nSPS) is 14.2. The second-order valence-corrected chi connectivity index (χ2v) is 5.13. The largest absolute Gasteiger partial charge is 0.480 e. The van der Waals surface area contributed by atoms with E-state index in [0.717, 1.165) is 5.69 Å². The van der Waals surface area contributed by atoms with Crippen LogP contribution in [0.5, 0.6) is 0 Å². The number of carboxylic acid groups (broad SMARTS) is 1. The van der Waals surface area contributed by atoms with Crippen LogP contribution < -0.4 is 5.32 Å². The third kappa shape index (κ3) is 2.94. The highest BCUT2D eigenvalue weighted by Gasteiger charge is 2.33. The molecule has 0 aromatic carbocycles. The first-order valence-electron chi connectivity index (χ1n) is 6.33. The summed E-state index contributed by atoms with van der Waals surface area (Å²) in [4.78, 5) is 23.3. The third-order valence-corrected chi connectivity index (χ3v) is 3.35. The Balaban J connectivity index is 2.99. The van der Waals surface area contributed by atoms with Crippen molar-refractivity contribution in [2.45, 2.75) is 52.6 Å². The van der Waals surface area contributed by atoms with Gasteiger partial charge in [0.2, 0.25) is 0 Å². The fraction of sp³-hybridized carbons (Fsp3) is 0.615. The van der Waals surface area contributed by atoms with Gasteiger partial charge in [-0.15, -0.1) is 0 Å². The van der Waals surface area contributed by atoms with Gasteiger partial charge in [0.05, 0.1) is 11.8 Å². The zero-order valence-electron chi connectivity index (χ0n) is 12.0. The topological polar surface area (TPSA) is 84.2 Å². The summed E-state index contributed by atoms with van der Waals surface area (Å²) in [6, 6.07) is 0.151. The first-order valence-corrected chi connectivity index (χ1v) is 6.33. The zero-order chi connectivity index (χ0) is 14.8. The van der Waals surface area contributed by atoms with Gasteiger partial charge in [0.25, 0.3) is 5.91 Å². The minimum atomic E-state index is -1.26. The molecule has 0 radical (unpaired) electrons. The molecule has 1 aromatic heterocycles. The number of hydrogen-bond donors (Lipinski definition) is 2. The fourth-order valence-corrected chi connectivity index (χ4v) is 1.78. The molecule has 1 atom stereocenters. The maximum absolute atomic E-state index is 12.2. The van der Waals surface area contributed by atoms with Crippen molar-refractivity contribution in [3.8, 4) is 0 Å². The summed E-state index contributed by atoms with van der Waals surface area (Å²) < 4.78 is 1.74. The van der Waals surface area contributed by atoms with Gasteiger partial charge in [-0.1, -0.05) is 6.92 Å². The SMILES string of the molecule is CCC(C)(NC(=O)c1cnn(C(C)C)c1C)C(=O)O. The van der Waals surface area contributed by atoms with E-state index < -0.39 is 17.4 Å². The van der Waals surface area contributed by atoms with Crippen LogP contribution in [0.4, 0.5) is 0 Å². The lowest BCUT2D eigenvalue weighted by Crippen LogP contribution is -2.51. The predicted molar refractivity (Wildman–Crippen MR) is 71.1 cm³/mol. The van der Waals surface area contributed by atoms with Crippen LogP contribution in [0.2, 0.25) is 0 Å². The summed E-state index contributed by atoms with van der Waals surface area (Å²) >= 11 is 0. The molecular weight excluding hydrogens is 246 g/mol. The summed E-state index contributed by atoms with van der Waals surface area (Å²) in [6.07, 6.45) is 1.79. The summed E-state index contributed by atoms with van der Waals surface area (Å²) in [5.74, 6) is -1.45. The molecule has 1 rings (SSSR count). The number of amides is 1. The van der Waals surface area contributed by atoms with Crippen LogP contribution in [-0.2, 0) is 4.79 Å². The van der Waals surface area contributed by atoms with Gasteiger partial charge in [0.15, 0.2) is 0 Å². The molecule has 19 heavy (non-hydrogen) atoms. The summed E-state index contributed by atoms with van der Waals surface area (Å²) in [7, 11) is 0. The zero-order valence-corrected chi connectivity index (χ0v) is 12.0. The molecule has 6 nitrogen and oxygen atoms in total. The van der Waals surface area contributed by atoms with E-state index in [2.05, 4.69) is 10.4 Å². The Hall–Kier alpha value is -1.85. The molecule has 0 saturated carbocycles. The van der Waals surface area contributed by atoms with Crippen LogP contribution in [0.15, 0.2) is 6.20 Å². The van der Waals surface area contributed by atoms with E-state index >= 15 is 0 Å². The number of carbonyl (C=O) groups excluding carboxylic acids is 1. The van der Waals surface area contributed by atoms with E-state index in [-0.39, 0.29) is 6.04 Å². The number of rotatable bonds is 5. The average Bonchev–Trinajstić information content (AvgIpc) is 2.70. The van der Waals surface area contributed by atoms with Crippen molar-refractivity contribution in [1.29, 1.82) is 0 Å². The molecule has 0 fully saturated rings. The second kappa shape index (κ2) is 5.42. The highest BCUT2D eigenvalue weighted by atomic mass is 16.4. The molecule has 6 heteroatoms. The van der Waals surface area contributed by atoms with E-state index in [9.17, 15) is 9.59 Å². The van der Waals surface area contributed by atoms with Gasteiger partial charge in [-0.3, -0.25) is 9.48 Å². The maximum Gasteiger partial charge on any atom is 0.329 e. The first-order chi connectivity index (χ1) is 8.73. The van der Waals surface area contributed by atoms with Gasteiger partial charge in [-0.05, 0) is 34.1 Å². The van der Waals surface area contributed by atoms with Gasteiger partial charge in [-0.25, -0.2) is 4.79 Å². The number of nitrogens with one attached hydrogen (secondary N) is 1. The fourth-order valence-electron chi connectivity index (χ4n) is 1.78. The van der Waals surface area contributed by atoms with Crippen molar-refractivity contribution in [2.24, 2.45) is 0 Å². The van der Waals surface area contributed by atoms with Crippen LogP contribution >= 0.6 is 0 Å².